The van der Waals surface area contributed by atoms with Crippen molar-refractivity contribution < 1.29 is 0 Å². The van der Waals surface area contributed by atoms with E-state index in [1.165, 1.54) is 5.57 Å². The Kier molecular flexibility index (Phi) is 8.73. The van der Waals surface area contributed by atoms with Crippen LogP contribution in [0.2, 0.25) is 0 Å². The number of hydrogen-bond acceptors (Lipinski definition) is 1. The fourth-order valence-corrected chi connectivity index (χ4v) is 1.56. The standard InChI is InChI=1S/C17H27N/c1-7-9-10-12-15(5)18-16(6)13-17(11-8-2)14(3)4/h7,9-14,18H,5,8H2,1-4,6H3/b9-7-,12-10-,16-13+,17-11+. The number of nitrogens with one attached hydrogen (secondary N) is 1. The largest absolute Gasteiger partial charge is 0.360 e. The van der Waals surface area contributed by atoms with E-state index in [1.54, 1.807) is 0 Å². The molecule has 1 N–H and O–H groups in total. The Balaban J connectivity index is 4.59. The minimum atomic E-state index is 0.550. The first-order valence-corrected chi connectivity index (χ1v) is 6.64. The molecule has 0 aromatic carbocycles. The van der Waals surface area contributed by atoms with Crippen LogP contribution in [0.25, 0.3) is 0 Å². The summed E-state index contributed by atoms with van der Waals surface area (Å²) in [5.41, 5.74) is 3.40. The van der Waals surface area contributed by atoms with Gasteiger partial charge in [0, 0.05) is 11.4 Å². The first-order chi connectivity index (χ1) is 8.51. The summed E-state index contributed by atoms with van der Waals surface area (Å²) in [5, 5.41) is 3.29. The maximum atomic E-state index is 3.97. The molecule has 0 aliphatic heterocycles. The van der Waals surface area contributed by atoms with Crippen molar-refractivity contribution in [1.82, 2.24) is 5.32 Å². The van der Waals surface area contributed by atoms with Gasteiger partial charge in [-0.3, -0.25) is 0 Å². The summed E-state index contributed by atoms with van der Waals surface area (Å²) >= 11 is 0. The molecular weight excluding hydrogens is 218 g/mol. The van der Waals surface area contributed by atoms with E-state index in [9.17, 15) is 0 Å². The van der Waals surface area contributed by atoms with Gasteiger partial charge in [-0.15, -0.1) is 0 Å². The van der Waals surface area contributed by atoms with Crippen LogP contribution in [0.1, 0.15) is 41.0 Å². The topological polar surface area (TPSA) is 12.0 Å². The summed E-state index contributed by atoms with van der Waals surface area (Å²) < 4.78 is 0. The zero-order valence-corrected chi connectivity index (χ0v) is 12.5. The smallest absolute Gasteiger partial charge is 0.0308 e. The summed E-state index contributed by atoms with van der Waals surface area (Å²) in [7, 11) is 0. The Morgan fingerprint density at radius 2 is 1.94 bits per heavy atom. The highest BCUT2D eigenvalue weighted by Crippen LogP contribution is 2.13. The lowest BCUT2D eigenvalue weighted by Gasteiger charge is -2.10. The Bertz CT molecular complexity index is 365. The van der Waals surface area contributed by atoms with Gasteiger partial charge in [-0.25, -0.2) is 0 Å². The van der Waals surface area contributed by atoms with E-state index in [1.807, 2.05) is 31.2 Å². The van der Waals surface area contributed by atoms with Crippen molar-refractivity contribution in [3.05, 3.63) is 60.0 Å². The number of allylic oxidation sites excluding steroid dienone is 8. The molecule has 18 heavy (non-hydrogen) atoms. The Hall–Kier alpha value is -1.50. The molecule has 1 heteroatoms. The van der Waals surface area contributed by atoms with E-state index in [2.05, 4.69) is 51.7 Å². The maximum Gasteiger partial charge on any atom is 0.0308 e. The zero-order valence-electron chi connectivity index (χ0n) is 12.5. The van der Waals surface area contributed by atoms with Gasteiger partial charge in [0.05, 0.1) is 0 Å². The maximum absolute atomic E-state index is 3.97. The molecular formula is C17H27N. The summed E-state index contributed by atoms with van der Waals surface area (Å²) in [6.45, 7) is 14.6. The van der Waals surface area contributed by atoms with Crippen LogP contribution in [0.5, 0.6) is 0 Å². The predicted octanol–water partition coefficient (Wildman–Crippen LogP) is 5.12. The van der Waals surface area contributed by atoms with Gasteiger partial charge in [0.2, 0.25) is 0 Å². The number of hydrogen-bond donors (Lipinski definition) is 1. The molecule has 0 atom stereocenters. The third kappa shape index (κ3) is 7.72. The molecule has 0 aliphatic rings. The second kappa shape index (κ2) is 9.52. The molecule has 0 rings (SSSR count). The van der Waals surface area contributed by atoms with Crippen LogP contribution in [-0.2, 0) is 0 Å². The van der Waals surface area contributed by atoms with Gasteiger partial charge in [0.25, 0.3) is 0 Å². The van der Waals surface area contributed by atoms with Gasteiger partial charge in [-0.2, -0.15) is 0 Å². The fourth-order valence-electron chi connectivity index (χ4n) is 1.56. The minimum absolute atomic E-state index is 0.550. The lowest BCUT2D eigenvalue weighted by atomic mass is 10.0. The number of rotatable bonds is 7. The van der Waals surface area contributed by atoms with Crippen LogP contribution < -0.4 is 5.32 Å². The van der Waals surface area contributed by atoms with Crippen molar-refractivity contribution in [3.8, 4) is 0 Å². The molecule has 0 saturated heterocycles. The molecule has 1 nitrogen and oxygen atoms in total. The molecule has 0 fully saturated rings. The van der Waals surface area contributed by atoms with Crippen LogP contribution in [0.4, 0.5) is 0 Å². The van der Waals surface area contributed by atoms with Gasteiger partial charge in [0.1, 0.15) is 0 Å². The van der Waals surface area contributed by atoms with Gasteiger partial charge in [-0.05, 0) is 43.9 Å². The van der Waals surface area contributed by atoms with Crippen molar-refractivity contribution in [2.24, 2.45) is 5.92 Å². The summed E-state index contributed by atoms with van der Waals surface area (Å²) in [6, 6.07) is 0. The molecule has 0 bridgehead atoms. The molecule has 0 radical (unpaired) electrons. The Morgan fingerprint density at radius 1 is 1.28 bits per heavy atom. The van der Waals surface area contributed by atoms with Crippen LogP contribution in [0.3, 0.4) is 0 Å². The summed E-state index contributed by atoms with van der Waals surface area (Å²) in [4.78, 5) is 0. The normalized spacial score (nSPS) is 13.9. The highest BCUT2D eigenvalue weighted by atomic mass is 14.9. The molecule has 0 aromatic heterocycles. The quantitative estimate of drug-likeness (QED) is 0.614. The van der Waals surface area contributed by atoms with E-state index in [-0.39, 0.29) is 0 Å². The van der Waals surface area contributed by atoms with Gasteiger partial charge in [0.15, 0.2) is 0 Å². The monoisotopic (exact) mass is 245 g/mol. The van der Waals surface area contributed by atoms with E-state index in [0.717, 1.165) is 17.8 Å². The fraction of sp³-hybridized carbons (Fsp3) is 0.412. The summed E-state index contributed by atoms with van der Waals surface area (Å²) in [5.74, 6) is 0.550. The summed E-state index contributed by atoms with van der Waals surface area (Å²) in [6.07, 6.45) is 13.5. The van der Waals surface area contributed by atoms with E-state index in [4.69, 9.17) is 0 Å². The molecule has 0 unspecified atom stereocenters. The van der Waals surface area contributed by atoms with Crippen LogP contribution >= 0.6 is 0 Å². The van der Waals surface area contributed by atoms with Crippen molar-refractivity contribution >= 4 is 0 Å². The van der Waals surface area contributed by atoms with Gasteiger partial charge >= 0.3 is 0 Å². The molecule has 0 saturated carbocycles. The average molecular weight is 245 g/mol. The first kappa shape index (κ1) is 16.5. The third-order valence-corrected chi connectivity index (χ3v) is 2.45. The first-order valence-electron chi connectivity index (χ1n) is 6.64. The van der Waals surface area contributed by atoms with E-state index >= 15 is 0 Å². The second-order valence-electron chi connectivity index (χ2n) is 4.63. The molecule has 0 amide bonds. The molecule has 100 valence electrons. The highest BCUT2D eigenvalue weighted by Gasteiger charge is 2.00. The Labute approximate surface area is 113 Å². The molecule has 0 aromatic rings. The van der Waals surface area contributed by atoms with Crippen LogP contribution in [-0.4, -0.2) is 0 Å². The lowest BCUT2D eigenvalue weighted by molar-refractivity contribution is 0.780. The van der Waals surface area contributed by atoms with Crippen molar-refractivity contribution in [2.75, 3.05) is 0 Å². The molecule has 0 aliphatic carbocycles. The van der Waals surface area contributed by atoms with Crippen LogP contribution in [0.15, 0.2) is 60.0 Å². The van der Waals surface area contributed by atoms with Gasteiger partial charge < -0.3 is 5.32 Å². The van der Waals surface area contributed by atoms with Crippen LogP contribution in [0, 0.1) is 5.92 Å². The Morgan fingerprint density at radius 3 is 2.44 bits per heavy atom. The average Bonchev–Trinajstić information content (AvgIpc) is 2.28. The van der Waals surface area contributed by atoms with Crippen molar-refractivity contribution in [1.29, 1.82) is 0 Å². The SMILES string of the molecule is C=C(/C=C\C=C/C)N/C(C)=C/C(=C\CC)C(C)C. The highest BCUT2D eigenvalue weighted by molar-refractivity contribution is 5.28. The van der Waals surface area contributed by atoms with Gasteiger partial charge in [-0.1, -0.05) is 51.7 Å². The third-order valence-electron chi connectivity index (χ3n) is 2.45. The second-order valence-corrected chi connectivity index (χ2v) is 4.63. The van der Waals surface area contributed by atoms with E-state index in [0.29, 0.717) is 5.92 Å². The minimum Gasteiger partial charge on any atom is -0.360 e. The lowest BCUT2D eigenvalue weighted by Crippen LogP contribution is -2.08. The predicted molar refractivity (Wildman–Crippen MR) is 83.2 cm³/mol. The molecule has 0 heterocycles. The van der Waals surface area contributed by atoms with Crippen molar-refractivity contribution in [2.45, 2.75) is 41.0 Å². The molecule has 0 spiro atoms. The van der Waals surface area contributed by atoms with E-state index < -0.39 is 0 Å². The van der Waals surface area contributed by atoms with Crippen molar-refractivity contribution in [3.63, 3.8) is 0 Å². The zero-order chi connectivity index (χ0) is 14.0.